The predicted molar refractivity (Wildman–Crippen MR) is 91.2 cm³/mol. The molecule has 8 heteroatoms. The van der Waals surface area contributed by atoms with E-state index in [-0.39, 0.29) is 16.6 Å². The summed E-state index contributed by atoms with van der Waals surface area (Å²) < 4.78 is 29.7. The molecule has 0 unspecified atom stereocenters. The fourth-order valence-corrected chi connectivity index (χ4v) is 2.75. The summed E-state index contributed by atoms with van der Waals surface area (Å²) >= 11 is 0. The average molecular weight is 359 g/mol. The first-order chi connectivity index (χ1) is 11.8. The van der Waals surface area contributed by atoms with Crippen molar-refractivity contribution < 1.29 is 17.9 Å². The number of rotatable bonds is 6. The Hall–Kier alpha value is -2.89. The molecule has 0 spiro atoms. The number of carbonyl (C=O) groups is 1. The summed E-state index contributed by atoms with van der Waals surface area (Å²) in [4.78, 5) is 14.0. The second-order valence-electron chi connectivity index (χ2n) is 5.39. The lowest BCUT2D eigenvalue weighted by Crippen LogP contribution is -2.41. The highest BCUT2D eigenvalue weighted by atomic mass is 32.2. The smallest absolute Gasteiger partial charge is 0.266 e. The Bertz CT molecular complexity index is 883. The minimum atomic E-state index is -3.93. The second-order valence-corrected chi connectivity index (χ2v) is 7.07. The van der Waals surface area contributed by atoms with Gasteiger partial charge in [-0.25, -0.2) is 8.42 Å². The van der Waals surface area contributed by atoms with Crippen molar-refractivity contribution in [2.24, 2.45) is 0 Å². The number of hydrogen-bond donors (Lipinski definition) is 2. The molecule has 0 aliphatic heterocycles. The first-order valence-corrected chi connectivity index (χ1v) is 8.89. The third-order valence-corrected chi connectivity index (χ3v) is 4.34. The minimum absolute atomic E-state index is 0.0129. The van der Waals surface area contributed by atoms with Crippen molar-refractivity contribution in [3.8, 4) is 11.8 Å². The molecular weight excluding hydrogens is 342 g/mol. The molecule has 0 radical (unpaired) electrons. The van der Waals surface area contributed by atoms with E-state index in [1.807, 2.05) is 24.7 Å². The van der Waals surface area contributed by atoms with Crippen molar-refractivity contribution in [3.05, 3.63) is 59.7 Å². The molecule has 1 amide bonds. The number of hydrazine groups is 1. The molecule has 0 aromatic heterocycles. The largest absolute Gasteiger partial charge is 0.491 e. The molecule has 0 fully saturated rings. The molecule has 0 heterocycles. The molecular formula is C17H17N3O4S. The van der Waals surface area contributed by atoms with Crippen molar-refractivity contribution >= 4 is 15.9 Å². The van der Waals surface area contributed by atoms with Crippen molar-refractivity contribution in [3.63, 3.8) is 0 Å². The van der Waals surface area contributed by atoms with Crippen LogP contribution in [-0.2, 0) is 10.0 Å². The Morgan fingerprint density at radius 1 is 1.08 bits per heavy atom. The van der Waals surface area contributed by atoms with Gasteiger partial charge in [-0.1, -0.05) is 0 Å². The molecule has 0 bridgehead atoms. The van der Waals surface area contributed by atoms with Crippen LogP contribution in [0, 0.1) is 11.3 Å². The van der Waals surface area contributed by atoms with Gasteiger partial charge < -0.3 is 4.74 Å². The maximum absolute atomic E-state index is 12.1. The summed E-state index contributed by atoms with van der Waals surface area (Å²) in [6.07, 6.45) is 0.0129. The summed E-state index contributed by atoms with van der Waals surface area (Å²) in [5.41, 5.74) is 2.76. The maximum atomic E-state index is 12.1. The highest BCUT2D eigenvalue weighted by Crippen LogP contribution is 2.14. The lowest BCUT2D eigenvalue weighted by Gasteiger charge is -2.11. The van der Waals surface area contributed by atoms with Crippen molar-refractivity contribution in [2.45, 2.75) is 24.8 Å². The van der Waals surface area contributed by atoms with E-state index in [1.165, 1.54) is 36.4 Å². The van der Waals surface area contributed by atoms with E-state index in [1.54, 1.807) is 12.1 Å². The molecule has 2 N–H and O–H groups in total. The molecule has 0 saturated heterocycles. The zero-order valence-corrected chi connectivity index (χ0v) is 14.5. The van der Waals surface area contributed by atoms with Gasteiger partial charge in [0.25, 0.3) is 15.9 Å². The van der Waals surface area contributed by atoms with Crippen LogP contribution in [0.15, 0.2) is 53.4 Å². The van der Waals surface area contributed by atoms with Crippen LogP contribution >= 0.6 is 0 Å². The summed E-state index contributed by atoms with van der Waals surface area (Å²) in [6.45, 7) is 3.77. The summed E-state index contributed by atoms with van der Waals surface area (Å²) in [7, 11) is -3.93. The molecule has 0 atom stereocenters. The van der Waals surface area contributed by atoms with Crippen LogP contribution in [0.5, 0.6) is 5.75 Å². The quantitative estimate of drug-likeness (QED) is 0.767. The zero-order valence-electron chi connectivity index (χ0n) is 13.7. The molecule has 2 aromatic carbocycles. The zero-order chi connectivity index (χ0) is 18.4. The number of carbonyl (C=O) groups excluding carboxylic acids is 1. The van der Waals surface area contributed by atoms with Crippen LogP contribution in [0.1, 0.15) is 29.8 Å². The summed E-state index contributed by atoms with van der Waals surface area (Å²) in [5, 5.41) is 8.72. The number of hydrogen-bond acceptors (Lipinski definition) is 5. The molecule has 0 aliphatic carbocycles. The van der Waals surface area contributed by atoms with Crippen LogP contribution in [-0.4, -0.2) is 20.4 Å². The number of nitriles is 1. The van der Waals surface area contributed by atoms with Crippen molar-refractivity contribution in [1.29, 1.82) is 5.26 Å². The van der Waals surface area contributed by atoms with Gasteiger partial charge in [0.1, 0.15) is 5.75 Å². The van der Waals surface area contributed by atoms with E-state index in [0.29, 0.717) is 11.3 Å². The number of amides is 1. The lowest BCUT2D eigenvalue weighted by atomic mass is 10.2. The van der Waals surface area contributed by atoms with Gasteiger partial charge in [0.2, 0.25) is 0 Å². The first-order valence-electron chi connectivity index (χ1n) is 7.41. The highest BCUT2D eigenvalue weighted by molar-refractivity contribution is 7.89. The van der Waals surface area contributed by atoms with E-state index in [0.717, 1.165) is 0 Å². The lowest BCUT2D eigenvalue weighted by molar-refractivity contribution is 0.0945. The fourth-order valence-electron chi connectivity index (χ4n) is 1.91. The van der Waals surface area contributed by atoms with Gasteiger partial charge in [0.05, 0.1) is 22.6 Å². The normalized spacial score (nSPS) is 11.0. The molecule has 130 valence electrons. The molecule has 25 heavy (non-hydrogen) atoms. The topological polar surface area (TPSA) is 108 Å². The van der Waals surface area contributed by atoms with Crippen LogP contribution in [0.25, 0.3) is 0 Å². The minimum Gasteiger partial charge on any atom is -0.491 e. The Morgan fingerprint density at radius 2 is 1.68 bits per heavy atom. The van der Waals surface area contributed by atoms with E-state index >= 15 is 0 Å². The summed E-state index contributed by atoms with van der Waals surface area (Å²) in [5.74, 6) is 0.0121. The van der Waals surface area contributed by atoms with E-state index in [9.17, 15) is 13.2 Å². The van der Waals surface area contributed by atoms with Gasteiger partial charge >= 0.3 is 0 Å². The predicted octanol–water partition coefficient (Wildman–Crippen LogP) is 1.97. The van der Waals surface area contributed by atoms with Crippen LogP contribution in [0.2, 0.25) is 0 Å². The molecule has 2 aromatic rings. The van der Waals surface area contributed by atoms with Crippen LogP contribution in [0.3, 0.4) is 0 Å². The van der Waals surface area contributed by atoms with Gasteiger partial charge in [-0.15, -0.1) is 4.83 Å². The molecule has 7 nitrogen and oxygen atoms in total. The summed E-state index contributed by atoms with van der Waals surface area (Å²) in [6, 6.07) is 13.5. The molecule has 0 aliphatic rings. The monoisotopic (exact) mass is 359 g/mol. The standard InChI is InChI=1S/C17H17N3O4S/c1-12(2)24-15-7-5-14(6-8-15)17(21)19-20-25(22,23)16-9-3-13(11-18)4-10-16/h3-10,12,20H,1-2H3,(H,19,21). The van der Waals surface area contributed by atoms with Gasteiger partial charge in [-0.3, -0.25) is 10.2 Å². The van der Waals surface area contributed by atoms with E-state index < -0.39 is 15.9 Å². The molecule has 2 rings (SSSR count). The van der Waals surface area contributed by atoms with Gasteiger partial charge in [0.15, 0.2) is 0 Å². The van der Waals surface area contributed by atoms with Crippen LogP contribution < -0.4 is 15.0 Å². The van der Waals surface area contributed by atoms with Gasteiger partial charge in [0, 0.05) is 5.56 Å². The number of sulfonamides is 1. The Morgan fingerprint density at radius 3 is 2.20 bits per heavy atom. The van der Waals surface area contributed by atoms with E-state index in [4.69, 9.17) is 10.00 Å². The number of nitrogens with one attached hydrogen (secondary N) is 2. The molecule has 0 saturated carbocycles. The Kier molecular flexibility index (Phi) is 5.75. The maximum Gasteiger partial charge on any atom is 0.266 e. The average Bonchev–Trinajstić information content (AvgIpc) is 2.60. The van der Waals surface area contributed by atoms with Crippen molar-refractivity contribution in [2.75, 3.05) is 0 Å². The van der Waals surface area contributed by atoms with E-state index in [2.05, 4.69) is 5.43 Å². The van der Waals surface area contributed by atoms with Crippen molar-refractivity contribution in [1.82, 2.24) is 10.3 Å². The Balaban J connectivity index is 2.01. The Labute approximate surface area is 146 Å². The first kappa shape index (κ1) is 18.4. The second kappa shape index (κ2) is 7.79. The fraction of sp³-hybridized carbons (Fsp3) is 0.176. The number of benzene rings is 2. The van der Waals surface area contributed by atoms with Gasteiger partial charge in [-0.2, -0.15) is 5.26 Å². The highest BCUT2D eigenvalue weighted by Gasteiger charge is 2.15. The number of ether oxygens (including phenoxy) is 1. The van der Waals surface area contributed by atoms with Gasteiger partial charge in [-0.05, 0) is 62.4 Å². The third-order valence-electron chi connectivity index (χ3n) is 3.08. The third kappa shape index (κ3) is 5.04. The SMILES string of the molecule is CC(C)Oc1ccc(C(=O)NNS(=O)(=O)c2ccc(C#N)cc2)cc1. The van der Waals surface area contributed by atoms with Crippen LogP contribution in [0.4, 0.5) is 0 Å². The number of nitrogens with zero attached hydrogens (tertiary/aromatic N) is 1.